The maximum Gasteiger partial charge on any atom is 0.354 e. The van der Waals surface area contributed by atoms with Gasteiger partial charge in [-0.05, 0) is 31.2 Å². The zero-order valence-corrected chi connectivity index (χ0v) is 24.6. The number of nitrogens with one attached hydrogen (secondary N) is 1. The summed E-state index contributed by atoms with van der Waals surface area (Å²) in [5, 5.41) is 21.7. The number of aromatic carboxylic acids is 2. The summed E-state index contributed by atoms with van der Waals surface area (Å²) in [6.07, 6.45) is 0. The Morgan fingerprint density at radius 3 is 1.71 bits per heavy atom. The van der Waals surface area contributed by atoms with Crippen molar-refractivity contribution in [3.63, 3.8) is 0 Å². The van der Waals surface area contributed by atoms with Crippen LogP contribution < -0.4 is 5.32 Å². The molecular weight excluding hydrogens is 566 g/mol. The molecule has 1 aliphatic heterocycles. The van der Waals surface area contributed by atoms with Crippen molar-refractivity contribution in [1.82, 2.24) is 19.8 Å². The highest BCUT2D eigenvalue weighted by molar-refractivity contribution is 7.80. The topological polar surface area (TPSA) is 156 Å². The summed E-state index contributed by atoms with van der Waals surface area (Å²) in [7, 11) is 0. The number of anilines is 1. The fourth-order valence-electron chi connectivity index (χ4n) is 4.16. The first-order valence-corrected chi connectivity index (χ1v) is 14.2. The van der Waals surface area contributed by atoms with Crippen molar-refractivity contribution in [2.24, 2.45) is 0 Å². The van der Waals surface area contributed by atoms with Gasteiger partial charge in [0.15, 0.2) is 5.69 Å². The van der Waals surface area contributed by atoms with E-state index in [1.807, 2.05) is 0 Å². The van der Waals surface area contributed by atoms with Gasteiger partial charge in [0, 0.05) is 45.0 Å². The van der Waals surface area contributed by atoms with E-state index in [1.54, 1.807) is 25.1 Å². The lowest BCUT2D eigenvalue weighted by Gasteiger charge is -2.23. The summed E-state index contributed by atoms with van der Waals surface area (Å²) in [5.74, 6) is -2.17. The zero-order chi connectivity index (χ0) is 30.2. The van der Waals surface area contributed by atoms with Gasteiger partial charge in [0.1, 0.15) is 5.69 Å². The van der Waals surface area contributed by atoms with Crippen molar-refractivity contribution in [1.29, 1.82) is 0 Å². The van der Waals surface area contributed by atoms with Crippen molar-refractivity contribution >= 4 is 34.8 Å². The number of ether oxygens (including phenoxy) is 4. The summed E-state index contributed by atoms with van der Waals surface area (Å²) >= 11 is 5.11. The standard InChI is InChI=1S/C28H39N5O8S/c1-21(42)29-23-17-24(31-26(18-23)28(36)37)20-33-7-11-40-15-13-38-9-5-32(6-10-39-14-16-41-12-8-33)19-22-3-2-4-25(30-22)27(34)35/h2-4,17-18H,5-16,19-20H2,1H3,(H,34,35)(H,36,37)(H,29,31,42). The minimum atomic E-state index is -1.11. The lowest BCUT2D eigenvalue weighted by atomic mass is 10.2. The van der Waals surface area contributed by atoms with Crippen LogP contribution in [-0.2, 0) is 32.0 Å². The monoisotopic (exact) mass is 605 g/mol. The molecule has 0 aliphatic carbocycles. The fraction of sp³-hybridized carbons (Fsp3) is 0.536. The first-order chi connectivity index (χ1) is 20.3. The van der Waals surface area contributed by atoms with E-state index in [4.69, 9.17) is 31.2 Å². The fourth-order valence-corrected chi connectivity index (χ4v) is 4.27. The number of pyridine rings is 2. The first-order valence-electron chi connectivity index (χ1n) is 13.8. The second kappa shape index (κ2) is 18.4. The molecule has 0 saturated carbocycles. The van der Waals surface area contributed by atoms with E-state index < -0.39 is 11.9 Å². The maximum atomic E-state index is 11.6. The molecule has 0 amide bonds. The van der Waals surface area contributed by atoms with Gasteiger partial charge < -0.3 is 34.5 Å². The number of carboxylic acids is 2. The van der Waals surface area contributed by atoms with Crippen LogP contribution in [0.1, 0.15) is 39.3 Å². The van der Waals surface area contributed by atoms with E-state index in [0.717, 1.165) is 0 Å². The van der Waals surface area contributed by atoms with Gasteiger partial charge in [-0.25, -0.2) is 19.6 Å². The van der Waals surface area contributed by atoms with Crippen LogP contribution in [0.3, 0.4) is 0 Å². The van der Waals surface area contributed by atoms with E-state index >= 15 is 0 Å². The van der Waals surface area contributed by atoms with Gasteiger partial charge in [-0.15, -0.1) is 0 Å². The Morgan fingerprint density at radius 1 is 0.762 bits per heavy atom. The van der Waals surface area contributed by atoms with Crippen LogP contribution in [0.25, 0.3) is 0 Å². The van der Waals surface area contributed by atoms with Crippen molar-refractivity contribution in [3.05, 3.63) is 53.1 Å². The number of nitrogens with zero attached hydrogens (tertiary/aromatic N) is 4. The SMILES string of the molecule is CC(=S)Nc1cc(CN2CCOCCOCCN(Cc3cccc(C(=O)O)n3)CCOCCOCC2)nc(C(=O)O)c1. The van der Waals surface area contributed by atoms with Gasteiger partial charge in [-0.2, -0.15) is 0 Å². The molecule has 0 spiro atoms. The highest BCUT2D eigenvalue weighted by Gasteiger charge is 2.14. The molecule has 42 heavy (non-hydrogen) atoms. The molecule has 13 nitrogen and oxygen atoms in total. The largest absolute Gasteiger partial charge is 0.477 e. The van der Waals surface area contributed by atoms with Crippen LogP contribution in [0.4, 0.5) is 5.69 Å². The lowest BCUT2D eigenvalue weighted by molar-refractivity contribution is 0.00597. The predicted molar refractivity (Wildman–Crippen MR) is 158 cm³/mol. The molecule has 0 radical (unpaired) electrons. The molecule has 2 aromatic rings. The van der Waals surface area contributed by atoms with Gasteiger partial charge in [0.05, 0.1) is 69.2 Å². The second-order valence-electron chi connectivity index (χ2n) is 9.54. The van der Waals surface area contributed by atoms with Crippen LogP contribution >= 0.6 is 12.2 Å². The molecule has 1 saturated heterocycles. The summed E-state index contributed by atoms with van der Waals surface area (Å²) in [6.45, 7) is 8.56. The van der Waals surface area contributed by atoms with Crippen molar-refractivity contribution in [2.45, 2.75) is 20.0 Å². The smallest absolute Gasteiger partial charge is 0.354 e. The Balaban J connectivity index is 1.53. The number of carboxylic acid groups (broad SMARTS) is 2. The molecule has 1 aliphatic rings. The molecule has 3 rings (SSSR count). The van der Waals surface area contributed by atoms with Crippen LogP contribution in [0.5, 0.6) is 0 Å². The second-order valence-corrected chi connectivity index (χ2v) is 10.2. The third-order valence-electron chi connectivity index (χ3n) is 6.17. The molecular formula is C28H39N5O8S. The molecule has 0 unspecified atom stereocenters. The van der Waals surface area contributed by atoms with Gasteiger partial charge in [-0.3, -0.25) is 9.80 Å². The Kier molecular flexibility index (Phi) is 14.7. The van der Waals surface area contributed by atoms with Gasteiger partial charge in [0.25, 0.3) is 0 Å². The molecule has 0 atom stereocenters. The number of carbonyl (C=O) groups is 2. The van der Waals surface area contributed by atoms with Crippen LogP contribution in [-0.4, -0.2) is 126 Å². The number of thiocarbonyl (C=S) groups is 1. The third-order valence-corrected chi connectivity index (χ3v) is 6.27. The first kappa shape index (κ1) is 33.4. The molecule has 0 bridgehead atoms. The van der Waals surface area contributed by atoms with Gasteiger partial charge in [-0.1, -0.05) is 18.3 Å². The molecule has 3 N–H and O–H groups in total. The quantitative estimate of drug-likeness (QED) is 0.394. The molecule has 0 aromatic carbocycles. The van der Waals surface area contributed by atoms with Crippen LogP contribution in [0.2, 0.25) is 0 Å². The normalized spacial score (nSPS) is 17.5. The predicted octanol–water partition coefficient (Wildman–Crippen LogP) is 2.02. The van der Waals surface area contributed by atoms with Gasteiger partial charge >= 0.3 is 11.9 Å². The molecule has 14 heteroatoms. The molecule has 2 aromatic heterocycles. The highest BCUT2D eigenvalue weighted by atomic mass is 32.1. The van der Waals surface area contributed by atoms with Gasteiger partial charge in [0.2, 0.25) is 0 Å². The summed E-state index contributed by atoms with van der Waals surface area (Å²) < 4.78 is 23.1. The lowest BCUT2D eigenvalue weighted by Crippen LogP contribution is -2.33. The highest BCUT2D eigenvalue weighted by Crippen LogP contribution is 2.14. The van der Waals surface area contributed by atoms with Crippen molar-refractivity contribution in [3.8, 4) is 0 Å². The Hall–Kier alpha value is -3.11. The molecule has 230 valence electrons. The number of aromatic nitrogens is 2. The van der Waals surface area contributed by atoms with Crippen molar-refractivity contribution < 1.29 is 38.7 Å². The summed E-state index contributed by atoms with van der Waals surface area (Å²) in [4.78, 5) is 36.1. The van der Waals surface area contributed by atoms with E-state index in [9.17, 15) is 19.8 Å². The van der Waals surface area contributed by atoms with E-state index in [0.29, 0.717) is 114 Å². The average Bonchev–Trinajstić information content (AvgIpc) is 2.94. The minimum absolute atomic E-state index is 0.0159. The van der Waals surface area contributed by atoms with E-state index in [2.05, 4.69) is 25.1 Å². The minimum Gasteiger partial charge on any atom is -0.477 e. The summed E-state index contributed by atoms with van der Waals surface area (Å²) in [6, 6.07) is 8.22. The number of hydrogen-bond donors (Lipinski definition) is 3. The average molecular weight is 606 g/mol. The Bertz CT molecular complexity index is 1150. The van der Waals surface area contributed by atoms with Crippen LogP contribution in [0, 0.1) is 0 Å². The summed E-state index contributed by atoms with van der Waals surface area (Å²) in [5.41, 5.74) is 1.80. The number of rotatable bonds is 7. The van der Waals surface area contributed by atoms with Crippen LogP contribution in [0.15, 0.2) is 30.3 Å². The third kappa shape index (κ3) is 12.8. The van der Waals surface area contributed by atoms with Crippen molar-refractivity contribution in [2.75, 3.05) is 84.4 Å². The molecule has 3 heterocycles. The zero-order valence-electron chi connectivity index (χ0n) is 23.8. The van der Waals surface area contributed by atoms with E-state index in [-0.39, 0.29) is 11.4 Å². The Morgan fingerprint density at radius 2 is 1.24 bits per heavy atom. The van der Waals surface area contributed by atoms with E-state index in [1.165, 1.54) is 12.1 Å². The number of hydrogen-bond acceptors (Lipinski definition) is 11. The molecule has 1 fully saturated rings. The Labute approximate surface area is 250 Å². The maximum absolute atomic E-state index is 11.6.